The van der Waals surface area contributed by atoms with Crippen molar-refractivity contribution >= 4 is 16.8 Å². The van der Waals surface area contributed by atoms with E-state index in [4.69, 9.17) is 0 Å². The fourth-order valence-corrected chi connectivity index (χ4v) is 4.11. The van der Waals surface area contributed by atoms with Gasteiger partial charge in [0.15, 0.2) is 16.8 Å². The van der Waals surface area contributed by atoms with Crippen LogP contribution in [0.4, 0.5) is 0 Å². The Morgan fingerprint density at radius 3 is 2.56 bits per heavy atom. The smallest absolute Gasteiger partial charge is 0.283 e. The van der Waals surface area contributed by atoms with Crippen molar-refractivity contribution in [3.05, 3.63) is 52.7 Å². The zero-order valence-corrected chi connectivity index (χ0v) is 15.2. The normalized spacial score (nSPS) is 15.6. The van der Waals surface area contributed by atoms with E-state index in [9.17, 15) is 4.79 Å². The van der Waals surface area contributed by atoms with Crippen molar-refractivity contribution in [2.75, 3.05) is 0 Å². The molecule has 3 aromatic heterocycles. The molecule has 1 saturated carbocycles. The van der Waals surface area contributed by atoms with Gasteiger partial charge in [-0.05, 0) is 25.3 Å². The highest BCUT2D eigenvalue weighted by atomic mass is 16.1. The van der Waals surface area contributed by atoms with E-state index in [-0.39, 0.29) is 17.1 Å². The van der Waals surface area contributed by atoms with E-state index in [0.717, 1.165) is 42.5 Å². The zero-order valence-electron chi connectivity index (χ0n) is 15.2. The molecule has 1 fully saturated rings. The first-order valence-electron chi connectivity index (χ1n) is 9.42. The summed E-state index contributed by atoms with van der Waals surface area (Å²) in [6.07, 6.45) is 7.23. The summed E-state index contributed by atoms with van der Waals surface area (Å²) in [5, 5.41) is 13.2. The summed E-state index contributed by atoms with van der Waals surface area (Å²) in [5.74, 6) is 0. The second kappa shape index (κ2) is 6.26. The summed E-state index contributed by atoms with van der Waals surface area (Å²) in [4.78, 5) is 17.6. The van der Waals surface area contributed by atoms with Crippen LogP contribution >= 0.6 is 0 Å². The summed E-state index contributed by atoms with van der Waals surface area (Å²) in [6, 6.07) is 10.2. The first-order valence-corrected chi connectivity index (χ1v) is 9.42. The number of aromatic nitrogens is 6. The molecule has 0 unspecified atom stereocenters. The van der Waals surface area contributed by atoms with Gasteiger partial charge in [-0.15, -0.1) is 10.2 Å². The molecule has 3 heterocycles. The summed E-state index contributed by atoms with van der Waals surface area (Å²) < 4.78 is 3.38. The van der Waals surface area contributed by atoms with Gasteiger partial charge < -0.3 is 0 Å². The first-order chi connectivity index (χ1) is 13.2. The molecule has 0 atom stereocenters. The molecule has 1 aliphatic carbocycles. The summed E-state index contributed by atoms with van der Waals surface area (Å²) in [7, 11) is 0. The zero-order chi connectivity index (χ0) is 18.4. The van der Waals surface area contributed by atoms with Crippen molar-refractivity contribution in [2.24, 2.45) is 0 Å². The lowest BCUT2D eigenvalue weighted by atomic mass is 9.95. The molecule has 0 spiro atoms. The van der Waals surface area contributed by atoms with Crippen LogP contribution in [0.1, 0.15) is 43.8 Å². The van der Waals surface area contributed by atoms with E-state index in [1.807, 2.05) is 37.3 Å². The predicted octanol–water partition coefficient (Wildman–Crippen LogP) is 3.31. The van der Waals surface area contributed by atoms with Gasteiger partial charge >= 0.3 is 0 Å². The van der Waals surface area contributed by atoms with Gasteiger partial charge in [-0.3, -0.25) is 9.36 Å². The monoisotopic (exact) mass is 360 g/mol. The Morgan fingerprint density at radius 1 is 1.00 bits per heavy atom. The second-order valence-electron chi connectivity index (χ2n) is 7.18. The van der Waals surface area contributed by atoms with Crippen molar-refractivity contribution in [1.29, 1.82) is 0 Å². The van der Waals surface area contributed by atoms with Crippen LogP contribution in [-0.2, 0) is 0 Å². The van der Waals surface area contributed by atoms with Gasteiger partial charge in [-0.25, -0.2) is 4.98 Å². The number of benzene rings is 1. The van der Waals surface area contributed by atoms with Gasteiger partial charge in [0.2, 0.25) is 0 Å². The quantitative estimate of drug-likeness (QED) is 0.548. The summed E-state index contributed by atoms with van der Waals surface area (Å²) >= 11 is 0. The Morgan fingerprint density at radius 2 is 1.78 bits per heavy atom. The lowest BCUT2D eigenvalue weighted by Gasteiger charge is -2.23. The molecule has 0 N–H and O–H groups in total. The SMILES string of the molecule is Cc1nn2c(nnc3c(=O)n(C4CCCCC4)cnc32)c1-c1ccccc1. The fraction of sp³-hybridized carbons (Fsp3) is 0.350. The summed E-state index contributed by atoms with van der Waals surface area (Å²) in [6.45, 7) is 1.94. The summed E-state index contributed by atoms with van der Waals surface area (Å²) in [5.41, 5.74) is 4.00. The molecule has 0 radical (unpaired) electrons. The number of nitrogens with zero attached hydrogens (tertiary/aromatic N) is 6. The maximum Gasteiger partial charge on any atom is 0.283 e. The first kappa shape index (κ1) is 16.1. The molecule has 0 bridgehead atoms. The van der Waals surface area contributed by atoms with Crippen LogP contribution in [0.3, 0.4) is 0 Å². The third-order valence-electron chi connectivity index (χ3n) is 5.47. The van der Waals surface area contributed by atoms with Crippen LogP contribution in [0.2, 0.25) is 0 Å². The van der Waals surface area contributed by atoms with Gasteiger partial charge in [-0.1, -0.05) is 49.6 Å². The van der Waals surface area contributed by atoms with Crippen molar-refractivity contribution in [1.82, 2.24) is 29.4 Å². The highest BCUT2D eigenvalue weighted by Gasteiger charge is 2.21. The Labute approximate surface area is 155 Å². The number of rotatable bonds is 2. The molecule has 7 heteroatoms. The molecule has 4 aromatic rings. The van der Waals surface area contributed by atoms with Crippen LogP contribution in [0.5, 0.6) is 0 Å². The largest absolute Gasteiger partial charge is 0.294 e. The van der Waals surface area contributed by atoms with E-state index in [2.05, 4.69) is 20.3 Å². The molecule has 0 saturated heterocycles. The van der Waals surface area contributed by atoms with Gasteiger partial charge in [0.05, 0.1) is 11.3 Å². The van der Waals surface area contributed by atoms with E-state index >= 15 is 0 Å². The molecule has 0 amide bonds. The number of fused-ring (bicyclic) bond motifs is 3. The standard InChI is InChI=1S/C20H20N6O/c1-13-16(14-8-4-2-5-9-14)18-23-22-17-19(26(18)24-13)21-12-25(20(17)27)15-10-6-3-7-11-15/h2,4-5,8-9,12,15H,3,6-7,10-11H2,1H3. The topological polar surface area (TPSA) is 78.0 Å². The number of hydrogen-bond donors (Lipinski definition) is 0. The van der Waals surface area contributed by atoms with Gasteiger partial charge in [-0.2, -0.15) is 9.61 Å². The highest BCUT2D eigenvalue weighted by molar-refractivity contribution is 5.83. The average molecular weight is 360 g/mol. The van der Waals surface area contributed by atoms with E-state index in [1.165, 1.54) is 6.42 Å². The van der Waals surface area contributed by atoms with Crippen molar-refractivity contribution in [2.45, 2.75) is 45.1 Å². The van der Waals surface area contributed by atoms with Gasteiger partial charge in [0, 0.05) is 6.04 Å². The Balaban J connectivity index is 1.72. The van der Waals surface area contributed by atoms with E-state index < -0.39 is 0 Å². The van der Waals surface area contributed by atoms with Crippen LogP contribution in [0.15, 0.2) is 41.5 Å². The van der Waals surface area contributed by atoms with Gasteiger partial charge in [0.1, 0.15) is 6.33 Å². The molecule has 27 heavy (non-hydrogen) atoms. The molecule has 7 nitrogen and oxygen atoms in total. The average Bonchev–Trinajstić information content (AvgIpc) is 3.06. The van der Waals surface area contributed by atoms with Crippen LogP contribution in [0.25, 0.3) is 27.9 Å². The molecular weight excluding hydrogens is 340 g/mol. The van der Waals surface area contributed by atoms with Crippen LogP contribution in [-0.4, -0.2) is 29.4 Å². The highest BCUT2D eigenvalue weighted by Crippen LogP contribution is 2.29. The molecule has 1 aromatic carbocycles. The minimum Gasteiger partial charge on any atom is -0.294 e. The Hall–Kier alpha value is -3.09. The minimum atomic E-state index is -0.129. The molecule has 5 rings (SSSR count). The van der Waals surface area contributed by atoms with Crippen molar-refractivity contribution in [3.8, 4) is 11.1 Å². The van der Waals surface area contributed by atoms with Crippen molar-refractivity contribution < 1.29 is 0 Å². The maximum absolute atomic E-state index is 13.0. The lowest BCUT2D eigenvalue weighted by Crippen LogP contribution is -2.28. The van der Waals surface area contributed by atoms with Crippen LogP contribution in [0, 0.1) is 6.92 Å². The lowest BCUT2D eigenvalue weighted by molar-refractivity contribution is 0.344. The third-order valence-corrected chi connectivity index (χ3v) is 5.47. The fourth-order valence-electron chi connectivity index (χ4n) is 4.11. The number of hydrogen-bond acceptors (Lipinski definition) is 5. The minimum absolute atomic E-state index is 0.129. The predicted molar refractivity (Wildman–Crippen MR) is 103 cm³/mol. The van der Waals surface area contributed by atoms with Crippen LogP contribution < -0.4 is 5.56 Å². The molecule has 136 valence electrons. The molecule has 0 aliphatic heterocycles. The Bertz CT molecular complexity index is 1190. The van der Waals surface area contributed by atoms with Gasteiger partial charge in [0.25, 0.3) is 5.56 Å². The van der Waals surface area contributed by atoms with E-state index in [1.54, 1.807) is 15.4 Å². The molecular formula is C20H20N6O. The molecule has 1 aliphatic rings. The second-order valence-corrected chi connectivity index (χ2v) is 7.18. The van der Waals surface area contributed by atoms with Crippen molar-refractivity contribution in [3.63, 3.8) is 0 Å². The maximum atomic E-state index is 13.0. The third kappa shape index (κ3) is 2.53. The number of aryl methyl sites for hydroxylation is 1. The van der Waals surface area contributed by atoms with E-state index in [0.29, 0.717) is 11.3 Å². The Kier molecular flexibility index (Phi) is 3.74.